The van der Waals surface area contributed by atoms with E-state index in [-0.39, 0.29) is 18.9 Å². The van der Waals surface area contributed by atoms with Crippen LogP contribution in [0.1, 0.15) is 18.9 Å². The molecule has 2 aromatic rings. The minimum atomic E-state index is -0.882. The highest BCUT2D eigenvalue weighted by molar-refractivity contribution is 5.85. The monoisotopic (exact) mass is 285 g/mol. The summed E-state index contributed by atoms with van der Waals surface area (Å²) in [7, 11) is 0. The Morgan fingerprint density at radius 2 is 1.81 bits per heavy atom. The number of carboxylic acids is 1. The molecule has 0 radical (unpaired) electrons. The van der Waals surface area contributed by atoms with Crippen LogP contribution in [0.4, 0.5) is 0 Å². The second-order valence-electron chi connectivity index (χ2n) is 4.98. The van der Waals surface area contributed by atoms with E-state index in [1.807, 2.05) is 49.4 Å². The summed E-state index contributed by atoms with van der Waals surface area (Å²) in [6, 6.07) is 14.0. The summed E-state index contributed by atoms with van der Waals surface area (Å²) in [6.45, 7) is 2.65. The van der Waals surface area contributed by atoms with Gasteiger partial charge in [-0.15, -0.1) is 0 Å². The Kier molecular flexibility index (Phi) is 4.93. The Labute approximate surface area is 124 Å². The molecule has 1 amide bonds. The minimum absolute atomic E-state index is 0.0166. The van der Waals surface area contributed by atoms with E-state index in [0.717, 1.165) is 16.3 Å². The summed E-state index contributed by atoms with van der Waals surface area (Å²) in [6.07, 6.45) is 0.287. The number of carboxylic acid groups (broad SMARTS) is 1. The summed E-state index contributed by atoms with van der Waals surface area (Å²) in [5.41, 5.74) is 0.951. The Balaban J connectivity index is 2.07. The fraction of sp³-hybridized carbons (Fsp3) is 0.294. The second-order valence-corrected chi connectivity index (χ2v) is 4.98. The summed E-state index contributed by atoms with van der Waals surface area (Å²) in [5, 5.41) is 11.0. The average molecular weight is 285 g/mol. The van der Waals surface area contributed by atoms with E-state index in [1.54, 1.807) is 4.90 Å². The van der Waals surface area contributed by atoms with Crippen molar-refractivity contribution < 1.29 is 14.7 Å². The molecule has 1 N–H and O–H groups in total. The van der Waals surface area contributed by atoms with Gasteiger partial charge in [-0.25, -0.2) is 0 Å². The number of fused-ring (bicyclic) bond motifs is 1. The van der Waals surface area contributed by atoms with Crippen molar-refractivity contribution in [2.75, 3.05) is 13.1 Å². The number of amides is 1. The standard InChI is InChI=1S/C17H19NO3/c1-2-18(10-9-17(20)21)16(19)12-13-7-8-14-5-3-4-6-15(14)11-13/h3-8,11H,2,9-10,12H2,1H3,(H,20,21). The predicted octanol–water partition coefficient (Wildman–Crippen LogP) is 2.71. The maximum Gasteiger partial charge on any atom is 0.305 e. The van der Waals surface area contributed by atoms with Crippen LogP contribution < -0.4 is 0 Å². The maximum atomic E-state index is 12.2. The quantitative estimate of drug-likeness (QED) is 0.887. The minimum Gasteiger partial charge on any atom is -0.481 e. The van der Waals surface area contributed by atoms with Crippen LogP contribution >= 0.6 is 0 Å². The molecule has 0 unspecified atom stereocenters. The van der Waals surface area contributed by atoms with Crippen LogP contribution in [0.15, 0.2) is 42.5 Å². The van der Waals surface area contributed by atoms with E-state index in [1.165, 1.54) is 0 Å². The van der Waals surface area contributed by atoms with Crippen molar-refractivity contribution in [3.8, 4) is 0 Å². The third kappa shape index (κ3) is 4.05. The molecule has 0 spiro atoms. The molecule has 0 atom stereocenters. The Morgan fingerprint density at radius 1 is 1.10 bits per heavy atom. The van der Waals surface area contributed by atoms with Crippen LogP contribution in [0, 0.1) is 0 Å². The normalized spacial score (nSPS) is 10.5. The first-order chi connectivity index (χ1) is 10.1. The molecule has 2 aromatic carbocycles. The highest BCUT2D eigenvalue weighted by atomic mass is 16.4. The molecule has 0 fully saturated rings. The van der Waals surface area contributed by atoms with Crippen LogP contribution in [0.3, 0.4) is 0 Å². The third-order valence-corrected chi connectivity index (χ3v) is 3.50. The number of likely N-dealkylation sites (N-methyl/N-ethyl adjacent to an activating group) is 1. The molecule has 21 heavy (non-hydrogen) atoms. The first-order valence-corrected chi connectivity index (χ1v) is 7.07. The van der Waals surface area contributed by atoms with Crippen molar-refractivity contribution in [3.05, 3.63) is 48.0 Å². The molecule has 2 rings (SSSR count). The molecule has 0 bridgehead atoms. The van der Waals surface area contributed by atoms with Crippen molar-refractivity contribution in [1.29, 1.82) is 0 Å². The molecule has 0 saturated carbocycles. The van der Waals surface area contributed by atoms with Crippen molar-refractivity contribution in [2.45, 2.75) is 19.8 Å². The van der Waals surface area contributed by atoms with E-state index >= 15 is 0 Å². The third-order valence-electron chi connectivity index (χ3n) is 3.50. The Hall–Kier alpha value is -2.36. The topological polar surface area (TPSA) is 57.6 Å². The molecule has 0 saturated heterocycles. The van der Waals surface area contributed by atoms with E-state index in [9.17, 15) is 9.59 Å². The van der Waals surface area contributed by atoms with Gasteiger partial charge in [-0.1, -0.05) is 42.5 Å². The van der Waals surface area contributed by atoms with Crippen LogP contribution in [-0.2, 0) is 16.0 Å². The fourth-order valence-corrected chi connectivity index (χ4v) is 2.32. The predicted molar refractivity (Wildman–Crippen MR) is 82.2 cm³/mol. The molecule has 110 valence electrons. The van der Waals surface area contributed by atoms with Crippen molar-refractivity contribution in [1.82, 2.24) is 4.90 Å². The van der Waals surface area contributed by atoms with Gasteiger partial charge in [0.25, 0.3) is 0 Å². The van der Waals surface area contributed by atoms with Crippen LogP contribution in [0.25, 0.3) is 10.8 Å². The summed E-state index contributed by atoms with van der Waals surface area (Å²) in [4.78, 5) is 24.4. The molecule has 0 aliphatic heterocycles. The number of carbonyl (C=O) groups excluding carboxylic acids is 1. The lowest BCUT2D eigenvalue weighted by Crippen LogP contribution is -2.34. The number of benzene rings is 2. The molecule has 4 nitrogen and oxygen atoms in total. The van der Waals surface area contributed by atoms with Gasteiger partial charge >= 0.3 is 5.97 Å². The number of carbonyl (C=O) groups is 2. The zero-order valence-corrected chi connectivity index (χ0v) is 12.1. The number of nitrogens with zero attached hydrogens (tertiary/aromatic N) is 1. The van der Waals surface area contributed by atoms with Gasteiger partial charge in [-0.3, -0.25) is 9.59 Å². The number of aliphatic carboxylic acids is 1. The first-order valence-electron chi connectivity index (χ1n) is 7.07. The molecular formula is C17H19NO3. The smallest absolute Gasteiger partial charge is 0.305 e. The zero-order valence-electron chi connectivity index (χ0n) is 12.1. The van der Waals surface area contributed by atoms with Crippen LogP contribution in [0.5, 0.6) is 0 Å². The van der Waals surface area contributed by atoms with Gasteiger partial charge in [0.2, 0.25) is 5.91 Å². The number of hydrogen-bond acceptors (Lipinski definition) is 2. The summed E-state index contributed by atoms with van der Waals surface area (Å²) >= 11 is 0. The van der Waals surface area contributed by atoms with Crippen LogP contribution in [-0.4, -0.2) is 35.0 Å². The van der Waals surface area contributed by atoms with Gasteiger partial charge in [0.05, 0.1) is 12.8 Å². The largest absolute Gasteiger partial charge is 0.481 e. The summed E-state index contributed by atoms with van der Waals surface area (Å²) < 4.78 is 0. The lowest BCUT2D eigenvalue weighted by Gasteiger charge is -2.20. The lowest BCUT2D eigenvalue weighted by atomic mass is 10.0. The molecule has 0 aliphatic carbocycles. The van der Waals surface area contributed by atoms with E-state index in [4.69, 9.17) is 5.11 Å². The Bertz CT molecular complexity index is 651. The van der Waals surface area contributed by atoms with Gasteiger partial charge < -0.3 is 10.0 Å². The molecule has 0 aromatic heterocycles. The molecule has 4 heteroatoms. The maximum absolute atomic E-state index is 12.2. The molecule has 0 heterocycles. The van der Waals surface area contributed by atoms with Crippen molar-refractivity contribution in [3.63, 3.8) is 0 Å². The molecular weight excluding hydrogens is 266 g/mol. The van der Waals surface area contributed by atoms with Gasteiger partial charge in [0, 0.05) is 13.1 Å². The average Bonchev–Trinajstić information content (AvgIpc) is 2.47. The van der Waals surface area contributed by atoms with Gasteiger partial charge in [-0.2, -0.15) is 0 Å². The van der Waals surface area contributed by atoms with Crippen LogP contribution in [0.2, 0.25) is 0 Å². The first kappa shape index (κ1) is 15.0. The van der Waals surface area contributed by atoms with Gasteiger partial charge in [0.15, 0.2) is 0 Å². The van der Waals surface area contributed by atoms with Crippen molar-refractivity contribution in [2.24, 2.45) is 0 Å². The highest BCUT2D eigenvalue weighted by Crippen LogP contribution is 2.16. The lowest BCUT2D eigenvalue weighted by molar-refractivity contribution is -0.138. The number of hydrogen-bond donors (Lipinski definition) is 1. The Morgan fingerprint density at radius 3 is 2.48 bits per heavy atom. The number of rotatable bonds is 6. The highest BCUT2D eigenvalue weighted by Gasteiger charge is 2.13. The zero-order chi connectivity index (χ0) is 15.2. The second kappa shape index (κ2) is 6.88. The fourth-order valence-electron chi connectivity index (χ4n) is 2.32. The van der Waals surface area contributed by atoms with Gasteiger partial charge in [-0.05, 0) is 23.3 Å². The van der Waals surface area contributed by atoms with E-state index in [2.05, 4.69) is 0 Å². The van der Waals surface area contributed by atoms with Crippen molar-refractivity contribution >= 4 is 22.6 Å². The summed E-state index contributed by atoms with van der Waals surface area (Å²) in [5.74, 6) is -0.916. The SMILES string of the molecule is CCN(CCC(=O)O)C(=O)Cc1ccc2ccccc2c1. The molecule has 0 aliphatic rings. The van der Waals surface area contributed by atoms with E-state index in [0.29, 0.717) is 13.0 Å². The van der Waals surface area contributed by atoms with E-state index < -0.39 is 5.97 Å². The van der Waals surface area contributed by atoms with Gasteiger partial charge in [0.1, 0.15) is 0 Å².